The first-order chi connectivity index (χ1) is 11.5. The minimum absolute atomic E-state index is 0.00640. The third-order valence-electron chi connectivity index (χ3n) is 3.89. The summed E-state index contributed by atoms with van der Waals surface area (Å²) >= 11 is 0. The molecule has 0 atom stereocenters. The summed E-state index contributed by atoms with van der Waals surface area (Å²) in [4.78, 5) is 13.5. The van der Waals surface area contributed by atoms with Gasteiger partial charge in [-0.15, -0.1) is 0 Å². The smallest absolute Gasteiger partial charge is 0.240 e. The van der Waals surface area contributed by atoms with Crippen molar-refractivity contribution in [2.24, 2.45) is 0 Å². The van der Waals surface area contributed by atoms with E-state index in [1.165, 1.54) is 30.3 Å². The number of halogens is 1. The Labute approximate surface area is 140 Å². The number of sulfonamides is 1. The van der Waals surface area contributed by atoms with Crippen molar-refractivity contribution in [3.63, 3.8) is 0 Å². The van der Waals surface area contributed by atoms with Gasteiger partial charge in [-0.3, -0.25) is 4.79 Å². The highest BCUT2D eigenvalue weighted by molar-refractivity contribution is 7.89. The maximum absolute atomic E-state index is 13.1. The molecule has 24 heavy (non-hydrogen) atoms. The molecule has 0 aliphatic carbocycles. The summed E-state index contributed by atoms with van der Waals surface area (Å²) in [5, 5.41) is 0. The zero-order valence-corrected chi connectivity index (χ0v) is 13.7. The molecule has 5 nitrogen and oxygen atoms in total. The Hall–Kier alpha value is -2.25. The second kappa shape index (κ2) is 6.70. The molecule has 2 aromatic carbocycles. The molecule has 1 aliphatic rings. The van der Waals surface area contributed by atoms with E-state index in [1.807, 2.05) is 0 Å². The van der Waals surface area contributed by atoms with Crippen molar-refractivity contribution in [3.8, 4) is 0 Å². The number of hydrogen-bond donors (Lipinski definition) is 1. The summed E-state index contributed by atoms with van der Waals surface area (Å²) in [6, 6.07) is 11.9. The maximum atomic E-state index is 13.1. The van der Waals surface area contributed by atoms with E-state index in [9.17, 15) is 17.6 Å². The van der Waals surface area contributed by atoms with Gasteiger partial charge in [0.2, 0.25) is 15.9 Å². The van der Waals surface area contributed by atoms with Crippen molar-refractivity contribution in [2.45, 2.75) is 24.3 Å². The molecule has 0 bridgehead atoms. The third kappa shape index (κ3) is 3.63. The largest absolute Gasteiger partial charge is 0.312 e. The van der Waals surface area contributed by atoms with Crippen molar-refractivity contribution < 1.29 is 17.6 Å². The van der Waals surface area contributed by atoms with Gasteiger partial charge in [-0.05, 0) is 48.4 Å². The van der Waals surface area contributed by atoms with E-state index >= 15 is 0 Å². The molecule has 1 aliphatic heterocycles. The van der Waals surface area contributed by atoms with Crippen LogP contribution in [0, 0.1) is 5.82 Å². The highest BCUT2D eigenvalue weighted by Crippen LogP contribution is 2.23. The number of benzene rings is 2. The van der Waals surface area contributed by atoms with Gasteiger partial charge in [-0.25, -0.2) is 17.5 Å². The number of nitrogens with one attached hydrogen (secondary N) is 1. The van der Waals surface area contributed by atoms with E-state index in [1.54, 1.807) is 23.1 Å². The zero-order valence-electron chi connectivity index (χ0n) is 12.9. The summed E-state index contributed by atoms with van der Waals surface area (Å²) in [5.41, 5.74) is 1.24. The first kappa shape index (κ1) is 16.6. The Morgan fingerprint density at radius 1 is 1.12 bits per heavy atom. The summed E-state index contributed by atoms with van der Waals surface area (Å²) in [5.74, 6) is -0.360. The molecule has 0 spiro atoms. The third-order valence-corrected chi connectivity index (χ3v) is 5.30. The molecule has 1 N–H and O–H groups in total. The summed E-state index contributed by atoms with van der Waals surface area (Å²) < 4.78 is 40.2. The van der Waals surface area contributed by atoms with Gasteiger partial charge in [0.15, 0.2) is 0 Å². The lowest BCUT2D eigenvalue weighted by atomic mass is 10.2. The standard InChI is InChI=1S/C17H17FN2O3S/c18-14-4-1-3-13(11-14)12-19-24(22,23)16-8-6-15(7-9-16)20-10-2-5-17(20)21/h1,3-4,6-9,11,19H,2,5,10,12H2. The Balaban J connectivity index is 1.71. The van der Waals surface area contributed by atoms with Crippen LogP contribution in [0.5, 0.6) is 0 Å². The van der Waals surface area contributed by atoms with Crippen molar-refractivity contribution in [1.29, 1.82) is 0 Å². The van der Waals surface area contributed by atoms with E-state index < -0.39 is 15.8 Å². The lowest BCUT2D eigenvalue weighted by Crippen LogP contribution is -2.25. The van der Waals surface area contributed by atoms with E-state index in [-0.39, 0.29) is 17.3 Å². The van der Waals surface area contributed by atoms with Crippen LogP contribution >= 0.6 is 0 Å². The topological polar surface area (TPSA) is 66.5 Å². The average Bonchev–Trinajstić information content (AvgIpc) is 2.99. The van der Waals surface area contributed by atoms with E-state index in [4.69, 9.17) is 0 Å². The molecule has 0 radical (unpaired) electrons. The van der Waals surface area contributed by atoms with E-state index in [2.05, 4.69) is 4.72 Å². The van der Waals surface area contributed by atoms with Gasteiger partial charge in [0, 0.05) is 25.2 Å². The quantitative estimate of drug-likeness (QED) is 0.902. The molecule has 7 heteroatoms. The normalized spacial score (nSPS) is 15.0. The fourth-order valence-electron chi connectivity index (χ4n) is 2.63. The monoisotopic (exact) mass is 348 g/mol. The van der Waals surface area contributed by atoms with Gasteiger partial charge in [0.25, 0.3) is 0 Å². The van der Waals surface area contributed by atoms with Crippen LogP contribution in [0.3, 0.4) is 0 Å². The number of hydrogen-bond acceptors (Lipinski definition) is 3. The van der Waals surface area contributed by atoms with Gasteiger partial charge in [-0.1, -0.05) is 12.1 Å². The van der Waals surface area contributed by atoms with Crippen LogP contribution in [0.15, 0.2) is 53.4 Å². The first-order valence-electron chi connectivity index (χ1n) is 7.60. The molecule has 0 unspecified atom stereocenters. The minimum Gasteiger partial charge on any atom is -0.312 e. The Kier molecular flexibility index (Phi) is 4.64. The lowest BCUT2D eigenvalue weighted by molar-refractivity contribution is -0.117. The molecule has 0 saturated carbocycles. The number of anilines is 1. The molecule has 126 valence electrons. The molecule has 1 amide bonds. The second-order valence-electron chi connectivity index (χ2n) is 5.60. The maximum Gasteiger partial charge on any atom is 0.240 e. The molecule has 1 fully saturated rings. The van der Waals surface area contributed by atoms with Crippen LogP contribution in [0.4, 0.5) is 10.1 Å². The van der Waals surface area contributed by atoms with Gasteiger partial charge < -0.3 is 4.90 Å². The molecule has 1 saturated heterocycles. The SMILES string of the molecule is O=C1CCCN1c1ccc(S(=O)(=O)NCc2cccc(F)c2)cc1. The van der Waals surface area contributed by atoms with E-state index in [0.717, 1.165) is 6.42 Å². The molecule has 2 aromatic rings. The predicted octanol–water partition coefficient (Wildman–Crippen LogP) is 2.43. The molecule has 1 heterocycles. The fourth-order valence-corrected chi connectivity index (χ4v) is 3.65. The van der Waals surface area contributed by atoms with Gasteiger partial charge in [0.1, 0.15) is 5.82 Å². The van der Waals surface area contributed by atoms with Gasteiger partial charge in [-0.2, -0.15) is 0 Å². The van der Waals surface area contributed by atoms with Crippen molar-refractivity contribution in [3.05, 3.63) is 59.9 Å². The van der Waals surface area contributed by atoms with E-state index in [0.29, 0.717) is 24.2 Å². The fraction of sp³-hybridized carbons (Fsp3) is 0.235. The Morgan fingerprint density at radius 2 is 1.88 bits per heavy atom. The molecule has 0 aromatic heterocycles. The number of rotatable bonds is 5. The van der Waals surface area contributed by atoms with Crippen LogP contribution < -0.4 is 9.62 Å². The number of amides is 1. The summed E-state index contributed by atoms with van der Waals surface area (Å²) in [6.07, 6.45) is 1.34. The van der Waals surface area contributed by atoms with Gasteiger partial charge >= 0.3 is 0 Å². The lowest BCUT2D eigenvalue weighted by Gasteiger charge is -2.16. The van der Waals surface area contributed by atoms with Crippen LogP contribution in [0.1, 0.15) is 18.4 Å². The number of nitrogens with zero attached hydrogens (tertiary/aromatic N) is 1. The van der Waals surface area contributed by atoms with Crippen molar-refractivity contribution >= 4 is 21.6 Å². The van der Waals surface area contributed by atoms with Crippen LogP contribution in [-0.4, -0.2) is 20.9 Å². The highest BCUT2D eigenvalue weighted by Gasteiger charge is 2.22. The van der Waals surface area contributed by atoms with Crippen molar-refractivity contribution in [2.75, 3.05) is 11.4 Å². The first-order valence-corrected chi connectivity index (χ1v) is 9.08. The van der Waals surface area contributed by atoms with Gasteiger partial charge in [0.05, 0.1) is 4.90 Å². The van der Waals surface area contributed by atoms with Crippen LogP contribution in [-0.2, 0) is 21.4 Å². The summed E-state index contributed by atoms with van der Waals surface area (Å²) in [6.45, 7) is 0.662. The molecular formula is C17H17FN2O3S. The van der Waals surface area contributed by atoms with Crippen LogP contribution in [0.25, 0.3) is 0 Å². The molecular weight excluding hydrogens is 331 g/mol. The van der Waals surface area contributed by atoms with Crippen molar-refractivity contribution in [1.82, 2.24) is 4.72 Å². The highest BCUT2D eigenvalue weighted by atomic mass is 32.2. The molecule has 3 rings (SSSR count). The average molecular weight is 348 g/mol. The number of carbonyl (C=O) groups excluding carboxylic acids is 1. The van der Waals surface area contributed by atoms with Crippen LogP contribution in [0.2, 0.25) is 0 Å². The summed E-state index contributed by atoms with van der Waals surface area (Å²) in [7, 11) is -3.70. The Morgan fingerprint density at radius 3 is 2.50 bits per heavy atom. The minimum atomic E-state index is -3.70. The second-order valence-corrected chi connectivity index (χ2v) is 7.36. The zero-order chi connectivity index (χ0) is 17.2. The Bertz CT molecular complexity index is 850. The number of carbonyl (C=O) groups is 1. The predicted molar refractivity (Wildman–Crippen MR) is 88.5 cm³/mol.